The van der Waals surface area contributed by atoms with E-state index in [2.05, 4.69) is 33.0 Å². The number of hydrogen-bond donors (Lipinski definition) is 1. The third-order valence-corrected chi connectivity index (χ3v) is 6.19. The molecule has 0 aromatic rings. The van der Waals surface area contributed by atoms with E-state index in [1.807, 2.05) is 0 Å². The van der Waals surface area contributed by atoms with Gasteiger partial charge in [0.1, 0.15) is 0 Å². The molecule has 2 aliphatic carbocycles. The van der Waals surface area contributed by atoms with Gasteiger partial charge in [-0.1, -0.05) is 53.4 Å². The fourth-order valence-corrected chi connectivity index (χ4v) is 4.91. The van der Waals surface area contributed by atoms with Crippen molar-refractivity contribution in [2.75, 3.05) is 6.54 Å². The minimum Gasteiger partial charge on any atom is -0.314 e. The molecule has 3 unspecified atom stereocenters. The zero-order valence-electron chi connectivity index (χ0n) is 13.7. The highest BCUT2D eigenvalue weighted by atomic mass is 14.9. The van der Waals surface area contributed by atoms with Crippen molar-refractivity contribution in [3.05, 3.63) is 0 Å². The van der Waals surface area contributed by atoms with Crippen molar-refractivity contribution < 1.29 is 0 Å². The summed E-state index contributed by atoms with van der Waals surface area (Å²) in [6.07, 6.45) is 11.7. The molecule has 2 rings (SSSR count). The zero-order chi connectivity index (χ0) is 13.9. The maximum absolute atomic E-state index is 3.81. The number of nitrogens with one attached hydrogen (secondary N) is 1. The highest BCUT2D eigenvalue weighted by molar-refractivity contribution is 4.95. The van der Waals surface area contributed by atoms with Crippen LogP contribution in [0.5, 0.6) is 0 Å². The molecule has 2 saturated carbocycles. The van der Waals surface area contributed by atoms with Gasteiger partial charge in [0, 0.05) is 6.04 Å². The molecule has 2 fully saturated rings. The zero-order valence-corrected chi connectivity index (χ0v) is 13.7. The largest absolute Gasteiger partial charge is 0.314 e. The van der Waals surface area contributed by atoms with E-state index >= 15 is 0 Å². The highest BCUT2D eigenvalue weighted by Crippen LogP contribution is 2.49. The molecular weight excluding hydrogens is 230 g/mol. The lowest BCUT2D eigenvalue weighted by atomic mass is 9.58. The summed E-state index contributed by atoms with van der Waals surface area (Å²) in [4.78, 5) is 0. The van der Waals surface area contributed by atoms with Crippen molar-refractivity contribution in [1.29, 1.82) is 0 Å². The lowest BCUT2D eigenvalue weighted by molar-refractivity contribution is 0.0261. The van der Waals surface area contributed by atoms with Gasteiger partial charge in [-0.3, -0.25) is 0 Å². The molecule has 0 heterocycles. The summed E-state index contributed by atoms with van der Waals surface area (Å²) in [5.41, 5.74) is 0.535. The minimum absolute atomic E-state index is 0.535. The van der Waals surface area contributed by atoms with Crippen LogP contribution < -0.4 is 5.32 Å². The molecule has 2 aliphatic rings. The Bertz CT molecular complexity index is 265. The number of hydrogen-bond acceptors (Lipinski definition) is 1. The van der Waals surface area contributed by atoms with Crippen LogP contribution in [0.2, 0.25) is 0 Å². The molecule has 0 saturated heterocycles. The molecule has 0 aromatic carbocycles. The fourth-order valence-electron chi connectivity index (χ4n) is 4.91. The summed E-state index contributed by atoms with van der Waals surface area (Å²) in [6, 6.07) is 0.769. The van der Waals surface area contributed by atoms with E-state index in [9.17, 15) is 0 Å². The highest BCUT2D eigenvalue weighted by Gasteiger charge is 2.43. The topological polar surface area (TPSA) is 12.0 Å². The molecule has 0 aromatic heterocycles. The molecule has 0 bridgehead atoms. The molecule has 0 aliphatic heterocycles. The van der Waals surface area contributed by atoms with Gasteiger partial charge in [0.25, 0.3) is 0 Å². The Morgan fingerprint density at radius 1 is 1.00 bits per heavy atom. The second kappa shape index (κ2) is 6.61. The fraction of sp³-hybridized carbons (Fsp3) is 1.00. The lowest BCUT2D eigenvalue weighted by Crippen LogP contribution is -2.49. The van der Waals surface area contributed by atoms with Gasteiger partial charge in [0.15, 0.2) is 0 Å². The summed E-state index contributed by atoms with van der Waals surface area (Å²) in [5, 5.41) is 3.81. The van der Waals surface area contributed by atoms with E-state index in [0.717, 1.165) is 30.3 Å². The maximum Gasteiger partial charge on any atom is 0.0103 e. The molecule has 1 nitrogen and oxygen atoms in total. The molecule has 112 valence electrons. The van der Waals surface area contributed by atoms with Crippen LogP contribution in [0.15, 0.2) is 0 Å². The molecule has 19 heavy (non-hydrogen) atoms. The van der Waals surface area contributed by atoms with Gasteiger partial charge in [-0.05, 0) is 55.4 Å². The predicted octanol–water partition coefficient (Wildman–Crippen LogP) is 5.01. The summed E-state index contributed by atoms with van der Waals surface area (Å²) >= 11 is 0. The van der Waals surface area contributed by atoms with Crippen LogP contribution in [-0.2, 0) is 0 Å². The van der Waals surface area contributed by atoms with E-state index < -0.39 is 0 Å². The quantitative estimate of drug-likeness (QED) is 0.753. The molecule has 0 radical (unpaired) electrons. The van der Waals surface area contributed by atoms with Gasteiger partial charge in [0.2, 0.25) is 0 Å². The summed E-state index contributed by atoms with van der Waals surface area (Å²) in [7, 11) is 0. The molecule has 0 amide bonds. The average Bonchev–Trinajstić information content (AvgIpc) is 2.40. The Kier molecular flexibility index (Phi) is 5.34. The Labute approximate surface area is 120 Å². The summed E-state index contributed by atoms with van der Waals surface area (Å²) < 4.78 is 0. The third kappa shape index (κ3) is 3.54. The molecular formula is C18H35N. The first-order valence-corrected chi connectivity index (χ1v) is 8.79. The minimum atomic E-state index is 0.535. The maximum atomic E-state index is 3.81. The average molecular weight is 265 g/mol. The smallest absolute Gasteiger partial charge is 0.0103 e. The van der Waals surface area contributed by atoms with Gasteiger partial charge < -0.3 is 5.32 Å². The molecule has 0 spiro atoms. The second-order valence-electron chi connectivity index (χ2n) is 7.85. The van der Waals surface area contributed by atoms with Crippen LogP contribution in [0, 0.1) is 23.2 Å². The molecule has 1 heteroatoms. The van der Waals surface area contributed by atoms with E-state index in [4.69, 9.17) is 0 Å². The van der Waals surface area contributed by atoms with Crippen LogP contribution in [0.3, 0.4) is 0 Å². The van der Waals surface area contributed by atoms with Gasteiger partial charge in [0.05, 0.1) is 0 Å². The van der Waals surface area contributed by atoms with Crippen molar-refractivity contribution in [2.45, 2.75) is 85.1 Å². The van der Waals surface area contributed by atoms with Gasteiger partial charge in [-0.2, -0.15) is 0 Å². The van der Waals surface area contributed by atoms with Crippen LogP contribution in [0.25, 0.3) is 0 Å². The summed E-state index contributed by atoms with van der Waals surface area (Å²) in [6.45, 7) is 11.0. The van der Waals surface area contributed by atoms with E-state index in [1.54, 1.807) is 0 Å². The van der Waals surface area contributed by atoms with Crippen LogP contribution in [-0.4, -0.2) is 12.6 Å². The molecule has 3 atom stereocenters. The van der Waals surface area contributed by atoms with Crippen LogP contribution in [0.4, 0.5) is 0 Å². The van der Waals surface area contributed by atoms with Gasteiger partial charge in [-0.15, -0.1) is 0 Å². The van der Waals surface area contributed by atoms with Gasteiger partial charge in [-0.25, -0.2) is 0 Å². The van der Waals surface area contributed by atoms with E-state index in [-0.39, 0.29) is 0 Å². The van der Waals surface area contributed by atoms with Crippen molar-refractivity contribution in [3.63, 3.8) is 0 Å². The Morgan fingerprint density at radius 2 is 1.68 bits per heavy atom. The predicted molar refractivity (Wildman–Crippen MR) is 84.3 cm³/mol. The Balaban J connectivity index is 2.06. The van der Waals surface area contributed by atoms with Crippen LogP contribution >= 0.6 is 0 Å². The Morgan fingerprint density at radius 3 is 2.32 bits per heavy atom. The lowest BCUT2D eigenvalue weighted by Gasteiger charge is -2.49. The van der Waals surface area contributed by atoms with Crippen LogP contribution in [0.1, 0.15) is 79.1 Å². The van der Waals surface area contributed by atoms with Crippen molar-refractivity contribution in [3.8, 4) is 0 Å². The van der Waals surface area contributed by atoms with E-state index in [0.29, 0.717) is 5.41 Å². The third-order valence-electron chi connectivity index (χ3n) is 6.19. The summed E-state index contributed by atoms with van der Waals surface area (Å²) in [5.74, 6) is 2.79. The van der Waals surface area contributed by atoms with Crippen molar-refractivity contribution in [2.24, 2.45) is 23.2 Å². The first-order valence-electron chi connectivity index (χ1n) is 8.79. The molecule has 1 N–H and O–H groups in total. The standard InChI is InChI=1S/C18H35N/c1-5-19-17-13-14(2)11-12-16(17)18(3,4)15-9-7-6-8-10-15/h14-17,19H,5-13H2,1-4H3. The normalized spacial score (nSPS) is 34.4. The second-order valence-corrected chi connectivity index (χ2v) is 7.85. The van der Waals surface area contributed by atoms with Crippen molar-refractivity contribution >= 4 is 0 Å². The Hall–Kier alpha value is -0.0400. The SMILES string of the molecule is CCNC1CC(C)CCC1C(C)(C)C1CCCCC1. The van der Waals surface area contributed by atoms with E-state index in [1.165, 1.54) is 51.4 Å². The first kappa shape index (κ1) is 15.4. The number of rotatable bonds is 4. The van der Waals surface area contributed by atoms with Crippen molar-refractivity contribution in [1.82, 2.24) is 5.32 Å². The van der Waals surface area contributed by atoms with Gasteiger partial charge >= 0.3 is 0 Å². The monoisotopic (exact) mass is 265 g/mol. The first-order chi connectivity index (χ1) is 9.05.